The van der Waals surface area contributed by atoms with Crippen molar-refractivity contribution >= 4 is 43.0 Å². The third-order valence-corrected chi connectivity index (χ3v) is 12.5. The molecule has 8 rings (SSSR count). The maximum atomic E-state index is 17.0. The number of piperidine rings is 1. The average Bonchev–Trinajstić information content (AvgIpc) is 3.75. The Kier molecular flexibility index (Phi) is 8.50. The van der Waals surface area contributed by atoms with E-state index in [0.29, 0.717) is 37.1 Å². The molecule has 3 aliphatic heterocycles. The summed E-state index contributed by atoms with van der Waals surface area (Å²) >= 11 is 0.705. The van der Waals surface area contributed by atoms with Gasteiger partial charge in [0.1, 0.15) is 30.2 Å². The lowest BCUT2D eigenvalue weighted by atomic mass is 9.68. The predicted molar refractivity (Wildman–Crippen MR) is 182 cm³/mol. The van der Waals surface area contributed by atoms with Crippen LogP contribution in [0.2, 0.25) is 0 Å². The van der Waals surface area contributed by atoms with Crippen molar-refractivity contribution in [3.05, 3.63) is 46.8 Å². The molecule has 3 N–H and O–H groups in total. The van der Waals surface area contributed by atoms with E-state index < -0.39 is 46.2 Å². The second kappa shape index (κ2) is 12.7. The van der Waals surface area contributed by atoms with E-state index in [1.54, 1.807) is 0 Å². The number of nitrogens with zero attached hydrogens (tertiary/aromatic N) is 4. The van der Waals surface area contributed by atoms with E-state index in [0.717, 1.165) is 63.4 Å². The Labute approximate surface area is 294 Å². The SMILES string of the molecule is [C-]#[N+]c1c(N)sc2c(F)ccc(-c3c(C(F)(F)F)cc4c(OC5CCC6(CCNCC6)CC5)nc(OCC56CCCN5CC(F)C6)nc4c3F)c12. The standard InChI is InChI=1S/C36H36F6N6O2S/c1-44-29-26-21(3-4-24(38)30(26)51-31(29)43)25-23(36(40,41)42)15-22-28(27(25)39)46-33(49-18-35-7-2-14-48(35)17-19(37)16-35)47-32(22)50-20-5-8-34(9-6-20)10-12-45-13-11-34/h3-4,15,19-20,45H,2,5-14,16-18,43H2. The smallest absolute Gasteiger partial charge is 0.417 e. The molecule has 2 aromatic carbocycles. The molecular formula is C36H36F6N6O2S. The monoisotopic (exact) mass is 730 g/mol. The lowest BCUT2D eigenvalue weighted by Crippen LogP contribution is -2.43. The summed E-state index contributed by atoms with van der Waals surface area (Å²) in [5, 5.41) is 2.78. The number of nitrogens with one attached hydrogen (secondary N) is 1. The second-order valence-electron chi connectivity index (χ2n) is 14.5. The summed E-state index contributed by atoms with van der Waals surface area (Å²) in [4.78, 5) is 14.1. The maximum Gasteiger partial charge on any atom is 0.417 e. The van der Waals surface area contributed by atoms with Gasteiger partial charge in [-0.2, -0.15) is 23.1 Å². The van der Waals surface area contributed by atoms with Gasteiger partial charge in [0.05, 0.1) is 32.8 Å². The van der Waals surface area contributed by atoms with Crippen molar-refractivity contribution in [1.29, 1.82) is 0 Å². The fourth-order valence-electron chi connectivity index (χ4n) is 8.90. The van der Waals surface area contributed by atoms with Crippen molar-refractivity contribution in [3.63, 3.8) is 0 Å². The van der Waals surface area contributed by atoms with Crippen molar-refractivity contribution < 1.29 is 35.8 Å². The van der Waals surface area contributed by atoms with Gasteiger partial charge in [-0.05, 0) is 94.1 Å². The quantitative estimate of drug-likeness (QED) is 0.152. The summed E-state index contributed by atoms with van der Waals surface area (Å²) in [5.74, 6) is -2.39. The van der Waals surface area contributed by atoms with Gasteiger partial charge in [-0.1, -0.05) is 6.07 Å². The highest BCUT2D eigenvalue weighted by Gasteiger charge is 2.49. The molecule has 4 fully saturated rings. The molecule has 2 aromatic heterocycles. The number of alkyl halides is 4. The molecule has 2 atom stereocenters. The van der Waals surface area contributed by atoms with Gasteiger partial charge in [-0.3, -0.25) is 4.90 Å². The van der Waals surface area contributed by atoms with Crippen LogP contribution >= 0.6 is 11.3 Å². The number of nitrogen functional groups attached to an aromatic ring is 1. The van der Waals surface area contributed by atoms with Gasteiger partial charge in [0.25, 0.3) is 0 Å². The Morgan fingerprint density at radius 2 is 1.86 bits per heavy atom. The third kappa shape index (κ3) is 5.93. The van der Waals surface area contributed by atoms with E-state index in [9.17, 15) is 22.0 Å². The Morgan fingerprint density at radius 3 is 2.59 bits per heavy atom. The van der Waals surface area contributed by atoms with Gasteiger partial charge < -0.3 is 20.5 Å². The molecule has 15 heteroatoms. The molecule has 4 aromatic rings. The second-order valence-corrected chi connectivity index (χ2v) is 15.5. The Bertz CT molecular complexity index is 2050. The Morgan fingerprint density at radius 1 is 1.10 bits per heavy atom. The van der Waals surface area contributed by atoms with Gasteiger partial charge in [0.15, 0.2) is 5.82 Å². The van der Waals surface area contributed by atoms with Crippen LogP contribution in [0, 0.1) is 23.6 Å². The molecule has 1 spiro atoms. The van der Waals surface area contributed by atoms with Crippen molar-refractivity contribution in [1.82, 2.24) is 20.2 Å². The molecule has 1 saturated carbocycles. The van der Waals surface area contributed by atoms with Crippen LogP contribution in [-0.2, 0) is 6.18 Å². The average molecular weight is 731 g/mol. The van der Waals surface area contributed by atoms with E-state index >= 15 is 4.39 Å². The number of anilines is 1. The van der Waals surface area contributed by atoms with E-state index in [-0.39, 0.29) is 74.7 Å². The van der Waals surface area contributed by atoms with E-state index in [2.05, 4.69) is 20.1 Å². The van der Waals surface area contributed by atoms with Gasteiger partial charge in [0, 0.05) is 23.9 Å². The lowest BCUT2D eigenvalue weighted by molar-refractivity contribution is -0.137. The summed E-state index contributed by atoms with van der Waals surface area (Å²) in [7, 11) is 0. The molecule has 0 amide bonds. The zero-order chi connectivity index (χ0) is 35.7. The Balaban J connectivity index is 1.26. The van der Waals surface area contributed by atoms with E-state index in [4.69, 9.17) is 21.8 Å². The molecule has 51 heavy (non-hydrogen) atoms. The fourth-order valence-corrected chi connectivity index (χ4v) is 9.84. The minimum Gasteiger partial charge on any atom is -0.474 e. The summed E-state index contributed by atoms with van der Waals surface area (Å²) < 4.78 is 104. The largest absolute Gasteiger partial charge is 0.474 e. The van der Waals surface area contributed by atoms with E-state index in [1.165, 1.54) is 0 Å². The number of halogens is 6. The highest BCUT2D eigenvalue weighted by molar-refractivity contribution is 7.23. The van der Waals surface area contributed by atoms with Gasteiger partial charge in [-0.15, -0.1) is 11.3 Å². The van der Waals surface area contributed by atoms with Crippen LogP contribution in [0.25, 0.3) is 37.0 Å². The van der Waals surface area contributed by atoms with Gasteiger partial charge in [0.2, 0.25) is 11.6 Å². The van der Waals surface area contributed by atoms with Gasteiger partial charge in [-0.25, -0.2) is 18.0 Å². The molecule has 0 bridgehead atoms. The minimum absolute atomic E-state index is 0.00852. The van der Waals surface area contributed by atoms with Crippen LogP contribution in [0.15, 0.2) is 18.2 Å². The topological polar surface area (TPSA) is 89.9 Å². The number of hydrogen-bond donors (Lipinski definition) is 2. The molecule has 2 unspecified atom stereocenters. The summed E-state index contributed by atoms with van der Waals surface area (Å²) in [6.45, 7) is 10.5. The predicted octanol–water partition coefficient (Wildman–Crippen LogP) is 8.59. The van der Waals surface area contributed by atoms with Crippen LogP contribution in [0.3, 0.4) is 0 Å². The summed E-state index contributed by atoms with van der Waals surface area (Å²) in [5.41, 5.74) is 2.22. The number of ether oxygens (including phenoxy) is 2. The number of nitrogens with two attached hydrogens (primary N) is 1. The highest BCUT2D eigenvalue weighted by Crippen LogP contribution is 2.51. The maximum absolute atomic E-state index is 17.0. The van der Waals surface area contributed by atoms with Crippen LogP contribution in [0.5, 0.6) is 11.9 Å². The molecule has 4 aliphatic rings. The number of benzene rings is 2. The first-order valence-electron chi connectivity index (χ1n) is 17.3. The van der Waals surface area contributed by atoms with Crippen LogP contribution in [0.1, 0.15) is 63.4 Å². The molecule has 3 saturated heterocycles. The zero-order valence-corrected chi connectivity index (χ0v) is 28.5. The lowest BCUT2D eigenvalue weighted by Gasteiger charge is -2.43. The normalized spacial score (nSPS) is 24.0. The number of thiophene rings is 1. The molecule has 1 aliphatic carbocycles. The number of fused-ring (bicyclic) bond motifs is 3. The molecular weight excluding hydrogens is 694 g/mol. The fraction of sp³-hybridized carbons (Fsp3) is 0.528. The molecule has 0 radical (unpaired) electrons. The Hall–Kier alpha value is -3.87. The number of aromatic nitrogens is 2. The van der Waals surface area contributed by atoms with Crippen LogP contribution in [-0.4, -0.2) is 65.5 Å². The number of hydrogen-bond acceptors (Lipinski definition) is 8. The van der Waals surface area contributed by atoms with Crippen molar-refractivity contribution in [2.75, 3.05) is 38.5 Å². The van der Waals surface area contributed by atoms with Crippen LogP contribution in [0.4, 0.5) is 37.0 Å². The van der Waals surface area contributed by atoms with E-state index in [1.807, 2.05) is 4.90 Å². The molecule has 5 heterocycles. The van der Waals surface area contributed by atoms with Crippen molar-refractivity contribution in [3.8, 4) is 23.0 Å². The van der Waals surface area contributed by atoms with Crippen molar-refractivity contribution in [2.24, 2.45) is 5.41 Å². The zero-order valence-electron chi connectivity index (χ0n) is 27.6. The van der Waals surface area contributed by atoms with Crippen LogP contribution < -0.4 is 20.5 Å². The first-order valence-corrected chi connectivity index (χ1v) is 18.1. The number of rotatable bonds is 6. The first kappa shape index (κ1) is 34.2. The minimum atomic E-state index is -5.08. The molecule has 8 nitrogen and oxygen atoms in total. The molecule has 270 valence electrons. The van der Waals surface area contributed by atoms with Crippen molar-refractivity contribution in [2.45, 2.75) is 81.8 Å². The van der Waals surface area contributed by atoms with Gasteiger partial charge >= 0.3 is 12.2 Å². The summed E-state index contributed by atoms with van der Waals surface area (Å²) in [6, 6.07) is 2.41. The third-order valence-electron chi connectivity index (χ3n) is 11.5. The highest BCUT2D eigenvalue weighted by atomic mass is 32.1. The first-order chi connectivity index (χ1) is 24.4. The summed E-state index contributed by atoms with van der Waals surface area (Å²) in [6.07, 6.45) is 0.443.